The quantitative estimate of drug-likeness (QED) is 0.333. The van der Waals surface area contributed by atoms with E-state index in [0.29, 0.717) is 17.5 Å². The van der Waals surface area contributed by atoms with Gasteiger partial charge in [-0.2, -0.15) is 0 Å². The summed E-state index contributed by atoms with van der Waals surface area (Å²) in [6, 6.07) is 13.8. The van der Waals surface area contributed by atoms with E-state index in [9.17, 15) is 19.2 Å². The van der Waals surface area contributed by atoms with Gasteiger partial charge < -0.3 is 24.8 Å². The molecule has 206 valence electrons. The minimum atomic E-state index is -1.00. The molecule has 2 rings (SSSR count). The molecule has 9 nitrogen and oxygen atoms in total. The second kappa shape index (κ2) is 14.2. The molecule has 0 aliphatic rings. The largest absolute Gasteiger partial charge is 0.467 e. The van der Waals surface area contributed by atoms with Gasteiger partial charge >= 0.3 is 18.0 Å². The predicted octanol–water partition coefficient (Wildman–Crippen LogP) is 4.18. The van der Waals surface area contributed by atoms with Crippen LogP contribution >= 0.6 is 0 Å². The van der Waals surface area contributed by atoms with Crippen molar-refractivity contribution >= 4 is 23.9 Å². The highest BCUT2D eigenvalue weighted by Gasteiger charge is 2.28. The second-order valence-electron chi connectivity index (χ2n) is 10.4. The number of carbonyl (C=O) groups excluding carboxylic acids is 4. The van der Waals surface area contributed by atoms with E-state index in [1.807, 2.05) is 44.2 Å². The van der Waals surface area contributed by atoms with Gasteiger partial charge in [-0.3, -0.25) is 4.79 Å². The standard InChI is InChI=1S/C29H38N2O7/c1-19(2)16-23(31-28(35)37-18-21-10-8-7-9-11-21)25(32)30-24(27(34)36-6)17-20-12-14-22(15-13-20)26(33)38-29(3,4)5/h7-15,19,23-24H,16-18H2,1-6H3,(H,30,32)(H,31,35)/t23-,24-/m0/s1. The molecule has 38 heavy (non-hydrogen) atoms. The number of rotatable bonds is 11. The van der Waals surface area contributed by atoms with Crippen LogP contribution in [-0.2, 0) is 36.8 Å². The lowest BCUT2D eigenvalue weighted by molar-refractivity contribution is -0.145. The summed E-state index contributed by atoms with van der Waals surface area (Å²) in [5, 5.41) is 5.30. The normalized spacial score (nSPS) is 12.7. The Kier molecular flexibility index (Phi) is 11.3. The van der Waals surface area contributed by atoms with Crippen LogP contribution in [0.15, 0.2) is 54.6 Å². The molecule has 0 saturated heterocycles. The molecule has 0 spiro atoms. The molecule has 2 aromatic carbocycles. The third kappa shape index (κ3) is 10.6. The van der Waals surface area contributed by atoms with E-state index in [0.717, 1.165) is 5.56 Å². The number of amides is 2. The summed E-state index contributed by atoms with van der Waals surface area (Å²) in [5.74, 6) is -1.54. The third-order valence-corrected chi connectivity index (χ3v) is 5.36. The molecule has 2 aromatic rings. The summed E-state index contributed by atoms with van der Waals surface area (Å²) >= 11 is 0. The van der Waals surface area contributed by atoms with Crippen LogP contribution in [0.25, 0.3) is 0 Å². The number of nitrogens with one attached hydrogen (secondary N) is 2. The van der Waals surface area contributed by atoms with Crippen LogP contribution in [0.1, 0.15) is 62.5 Å². The zero-order valence-corrected chi connectivity index (χ0v) is 22.9. The highest BCUT2D eigenvalue weighted by molar-refractivity contribution is 5.90. The smallest absolute Gasteiger partial charge is 0.408 e. The van der Waals surface area contributed by atoms with Gasteiger partial charge in [0.2, 0.25) is 5.91 Å². The molecule has 0 aliphatic carbocycles. The molecule has 0 saturated carbocycles. The van der Waals surface area contributed by atoms with E-state index < -0.39 is 41.6 Å². The van der Waals surface area contributed by atoms with Gasteiger partial charge in [-0.1, -0.05) is 56.3 Å². The molecule has 2 N–H and O–H groups in total. The minimum absolute atomic E-state index is 0.0623. The van der Waals surface area contributed by atoms with Gasteiger partial charge in [0.05, 0.1) is 12.7 Å². The van der Waals surface area contributed by atoms with E-state index in [4.69, 9.17) is 14.2 Å². The maximum atomic E-state index is 13.1. The first-order valence-electron chi connectivity index (χ1n) is 12.6. The monoisotopic (exact) mass is 526 g/mol. The molecule has 0 heterocycles. The van der Waals surface area contributed by atoms with Gasteiger partial charge in [0.15, 0.2) is 0 Å². The van der Waals surface area contributed by atoms with Gasteiger partial charge in [0.25, 0.3) is 0 Å². The van der Waals surface area contributed by atoms with Crippen LogP contribution in [0.5, 0.6) is 0 Å². The van der Waals surface area contributed by atoms with Crippen molar-refractivity contribution in [2.24, 2.45) is 5.92 Å². The zero-order valence-electron chi connectivity index (χ0n) is 22.9. The predicted molar refractivity (Wildman–Crippen MR) is 142 cm³/mol. The Morgan fingerprint density at radius 1 is 0.842 bits per heavy atom. The van der Waals surface area contributed by atoms with E-state index in [2.05, 4.69) is 10.6 Å². The van der Waals surface area contributed by atoms with Crippen molar-refractivity contribution in [3.05, 3.63) is 71.3 Å². The first-order valence-corrected chi connectivity index (χ1v) is 12.6. The highest BCUT2D eigenvalue weighted by atomic mass is 16.6. The number of hydrogen-bond donors (Lipinski definition) is 2. The Morgan fingerprint density at radius 2 is 1.47 bits per heavy atom. The number of methoxy groups -OCH3 is 1. The fraction of sp³-hybridized carbons (Fsp3) is 0.448. The highest BCUT2D eigenvalue weighted by Crippen LogP contribution is 2.14. The third-order valence-electron chi connectivity index (χ3n) is 5.36. The van der Waals surface area contributed by atoms with Crippen LogP contribution in [0.4, 0.5) is 4.79 Å². The summed E-state index contributed by atoms with van der Waals surface area (Å²) in [7, 11) is 1.23. The molecule has 0 aliphatic heterocycles. The molecule has 2 amide bonds. The molecule has 0 fully saturated rings. The van der Waals surface area contributed by atoms with Crippen molar-refractivity contribution in [2.75, 3.05) is 7.11 Å². The molecule has 9 heteroatoms. The average Bonchev–Trinajstić information content (AvgIpc) is 2.86. The summed E-state index contributed by atoms with van der Waals surface area (Å²) in [6.07, 6.45) is -0.271. The molecule has 0 unspecified atom stereocenters. The Bertz CT molecular complexity index is 1080. The van der Waals surface area contributed by atoms with E-state index in [1.165, 1.54) is 7.11 Å². The van der Waals surface area contributed by atoms with Crippen molar-refractivity contribution in [3.63, 3.8) is 0 Å². The summed E-state index contributed by atoms with van der Waals surface area (Å²) < 4.78 is 15.5. The number of esters is 2. The molecular weight excluding hydrogens is 488 g/mol. The lowest BCUT2D eigenvalue weighted by Gasteiger charge is -2.23. The number of hydrogen-bond acceptors (Lipinski definition) is 7. The van der Waals surface area contributed by atoms with Crippen molar-refractivity contribution in [1.29, 1.82) is 0 Å². The average molecular weight is 527 g/mol. The van der Waals surface area contributed by atoms with Crippen LogP contribution in [-0.4, -0.2) is 48.7 Å². The Labute approximate surface area is 224 Å². The fourth-order valence-electron chi connectivity index (χ4n) is 3.57. The summed E-state index contributed by atoms with van der Waals surface area (Å²) in [4.78, 5) is 50.3. The number of carbonyl (C=O) groups is 4. The van der Waals surface area contributed by atoms with Crippen molar-refractivity contribution in [1.82, 2.24) is 10.6 Å². The summed E-state index contributed by atoms with van der Waals surface area (Å²) in [5.41, 5.74) is 1.27. The summed E-state index contributed by atoms with van der Waals surface area (Å²) in [6.45, 7) is 9.25. The SMILES string of the molecule is COC(=O)[C@H](Cc1ccc(C(=O)OC(C)(C)C)cc1)NC(=O)[C@H](CC(C)C)NC(=O)OCc1ccccc1. The van der Waals surface area contributed by atoms with Crippen molar-refractivity contribution in [2.45, 2.75) is 71.8 Å². The van der Waals surface area contributed by atoms with Crippen LogP contribution in [0, 0.1) is 5.92 Å². The van der Waals surface area contributed by atoms with Gasteiger partial charge in [-0.25, -0.2) is 14.4 Å². The zero-order chi connectivity index (χ0) is 28.3. The van der Waals surface area contributed by atoms with Gasteiger partial charge in [-0.15, -0.1) is 0 Å². The van der Waals surface area contributed by atoms with Crippen molar-refractivity contribution < 1.29 is 33.4 Å². The number of alkyl carbamates (subject to hydrolysis) is 1. The Morgan fingerprint density at radius 3 is 2.03 bits per heavy atom. The Balaban J connectivity index is 2.06. The van der Waals surface area contributed by atoms with E-state index in [-0.39, 0.29) is 18.9 Å². The van der Waals surface area contributed by atoms with E-state index >= 15 is 0 Å². The first kappa shape index (κ1) is 30.3. The topological polar surface area (TPSA) is 120 Å². The molecule has 0 bridgehead atoms. The molecule has 2 atom stereocenters. The van der Waals surface area contributed by atoms with Gasteiger partial charge in [0, 0.05) is 6.42 Å². The Hall–Kier alpha value is -3.88. The van der Waals surface area contributed by atoms with Crippen LogP contribution in [0.2, 0.25) is 0 Å². The molecule has 0 aromatic heterocycles. The first-order chi connectivity index (χ1) is 17.9. The minimum Gasteiger partial charge on any atom is -0.467 e. The maximum absolute atomic E-state index is 13.1. The lowest BCUT2D eigenvalue weighted by Crippen LogP contribution is -2.53. The van der Waals surface area contributed by atoms with Crippen molar-refractivity contribution in [3.8, 4) is 0 Å². The van der Waals surface area contributed by atoms with Crippen LogP contribution < -0.4 is 10.6 Å². The molecule has 0 radical (unpaired) electrons. The van der Waals surface area contributed by atoms with E-state index in [1.54, 1.807) is 45.0 Å². The van der Waals surface area contributed by atoms with Gasteiger partial charge in [-0.05, 0) is 56.4 Å². The number of benzene rings is 2. The molecular formula is C29H38N2O7. The fourth-order valence-corrected chi connectivity index (χ4v) is 3.57. The maximum Gasteiger partial charge on any atom is 0.408 e. The second-order valence-corrected chi connectivity index (χ2v) is 10.4. The lowest BCUT2D eigenvalue weighted by atomic mass is 10.0. The van der Waals surface area contributed by atoms with Crippen LogP contribution in [0.3, 0.4) is 0 Å². The number of ether oxygens (including phenoxy) is 3. The van der Waals surface area contributed by atoms with Gasteiger partial charge in [0.1, 0.15) is 24.3 Å².